The van der Waals surface area contributed by atoms with Gasteiger partial charge in [-0.25, -0.2) is 0 Å². The van der Waals surface area contributed by atoms with E-state index >= 15 is 0 Å². The topological polar surface area (TPSA) is 15.3 Å². The molecule has 0 bridgehead atoms. The van der Waals surface area contributed by atoms with Crippen molar-refractivity contribution in [3.63, 3.8) is 0 Å². The zero-order valence-corrected chi connectivity index (χ0v) is 15.0. The van der Waals surface area contributed by atoms with Crippen LogP contribution in [0, 0.1) is 17.3 Å². The van der Waals surface area contributed by atoms with E-state index < -0.39 is 0 Å². The maximum Gasteiger partial charge on any atom is 0.0159 e. The summed E-state index contributed by atoms with van der Waals surface area (Å²) < 4.78 is 0. The smallest absolute Gasteiger partial charge is 0.0159 e. The third-order valence-electron chi connectivity index (χ3n) is 6.03. The third-order valence-corrected chi connectivity index (χ3v) is 6.03. The largest absolute Gasteiger partial charge is 0.313 e. The minimum absolute atomic E-state index is 0.483. The number of nitrogens with one attached hydrogen (secondary N) is 1. The van der Waals surface area contributed by atoms with Gasteiger partial charge in [0.15, 0.2) is 0 Å². The molecular formula is C19H38N2. The second-order valence-electron chi connectivity index (χ2n) is 8.21. The molecule has 0 aromatic heterocycles. The molecule has 0 spiro atoms. The molecule has 3 atom stereocenters. The molecule has 2 rings (SSSR count). The first-order valence-corrected chi connectivity index (χ1v) is 9.52. The van der Waals surface area contributed by atoms with E-state index in [1.54, 1.807) is 0 Å². The van der Waals surface area contributed by atoms with Crippen molar-refractivity contribution in [3.8, 4) is 0 Å². The van der Waals surface area contributed by atoms with Gasteiger partial charge in [-0.05, 0) is 69.0 Å². The van der Waals surface area contributed by atoms with Crippen molar-refractivity contribution in [3.05, 3.63) is 0 Å². The summed E-state index contributed by atoms with van der Waals surface area (Å²) in [6, 6.07) is 0.720. The predicted molar refractivity (Wildman–Crippen MR) is 92.7 cm³/mol. The maximum atomic E-state index is 3.79. The van der Waals surface area contributed by atoms with Crippen LogP contribution in [0.3, 0.4) is 0 Å². The number of nitrogens with zero attached hydrogens (tertiary/aromatic N) is 1. The van der Waals surface area contributed by atoms with Gasteiger partial charge in [-0.2, -0.15) is 0 Å². The molecule has 2 fully saturated rings. The molecule has 1 N–H and O–H groups in total. The Morgan fingerprint density at radius 2 is 1.90 bits per heavy atom. The van der Waals surface area contributed by atoms with E-state index in [0.29, 0.717) is 5.41 Å². The molecule has 124 valence electrons. The van der Waals surface area contributed by atoms with Crippen molar-refractivity contribution in [2.24, 2.45) is 17.3 Å². The summed E-state index contributed by atoms with van der Waals surface area (Å²) in [5, 5.41) is 3.79. The van der Waals surface area contributed by atoms with Gasteiger partial charge >= 0.3 is 0 Å². The molecule has 1 heterocycles. The normalized spacial score (nSPS) is 34.0. The average molecular weight is 295 g/mol. The SMILES string of the molecule is CCCC1CCCN(CC2CCC(C)(C)C2NCC)CC1. The van der Waals surface area contributed by atoms with E-state index in [1.165, 1.54) is 64.6 Å². The predicted octanol–water partition coefficient (Wildman–Crippen LogP) is 4.30. The molecule has 2 aliphatic rings. The van der Waals surface area contributed by atoms with Crippen LogP contribution in [0.4, 0.5) is 0 Å². The zero-order valence-electron chi connectivity index (χ0n) is 15.0. The highest BCUT2D eigenvalue weighted by atomic mass is 15.1. The Balaban J connectivity index is 1.86. The lowest BCUT2D eigenvalue weighted by Crippen LogP contribution is -2.45. The molecule has 1 aliphatic carbocycles. The summed E-state index contributed by atoms with van der Waals surface area (Å²) in [4.78, 5) is 2.78. The first-order chi connectivity index (χ1) is 10.1. The monoisotopic (exact) mass is 294 g/mol. The molecule has 1 aliphatic heterocycles. The summed E-state index contributed by atoms with van der Waals surface area (Å²) in [5.41, 5.74) is 0.483. The molecule has 3 unspecified atom stereocenters. The summed E-state index contributed by atoms with van der Waals surface area (Å²) in [6.07, 6.45) is 9.95. The highest BCUT2D eigenvalue weighted by molar-refractivity contribution is 4.97. The molecule has 1 saturated heterocycles. The van der Waals surface area contributed by atoms with Crippen molar-refractivity contribution in [1.82, 2.24) is 10.2 Å². The van der Waals surface area contributed by atoms with Gasteiger partial charge in [-0.15, -0.1) is 0 Å². The van der Waals surface area contributed by atoms with Crippen LogP contribution in [0.5, 0.6) is 0 Å². The lowest BCUT2D eigenvalue weighted by atomic mass is 9.84. The Hall–Kier alpha value is -0.0800. The fraction of sp³-hybridized carbons (Fsp3) is 1.00. The van der Waals surface area contributed by atoms with E-state index in [-0.39, 0.29) is 0 Å². The summed E-state index contributed by atoms with van der Waals surface area (Å²) >= 11 is 0. The molecule has 0 aromatic rings. The van der Waals surface area contributed by atoms with Crippen LogP contribution in [0.15, 0.2) is 0 Å². The zero-order chi connectivity index (χ0) is 15.3. The van der Waals surface area contributed by atoms with Crippen molar-refractivity contribution < 1.29 is 0 Å². The Morgan fingerprint density at radius 1 is 1.10 bits per heavy atom. The van der Waals surface area contributed by atoms with Gasteiger partial charge in [0.25, 0.3) is 0 Å². The molecule has 0 aromatic carbocycles. The van der Waals surface area contributed by atoms with Crippen LogP contribution in [0.2, 0.25) is 0 Å². The first kappa shape index (κ1) is 17.3. The average Bonchev–Trinajstić information content (AvgIpc) is 2.63. The van der Waals surface area contributed by atoms with Crippen LogP contribution in [0.25, 0.3) is 0 Å². The van der Waals surface area contributed by atoms with E-state index in [4.69, 9.17) is 0 Å². The van der Waals surface area contributed by atoms with E-state index in [0.717, 1.165) is 24.4 Å². The molecule has 2 nitrogen and oxygen atoms in total. The number of likely N-dealkylation sites (tertiary alicyclic amines) is 1. The number of hydrogen-bond donors (Lipinski definition) is 1. The van der Waals surface area contributed by atoms with Crippen molar-refractivity contribution in [2.75, 3.05) is 26.2 Å². The fourth-order valence-electron chi connectivity index (χ4n) is 4.81. The Labute approximate surface area is 133 Å². The number of rotatable bonds is 6. The number of hydrogen-bond acceptors (Lipinski definition) is 2. The van der Waals surface area contributed by atoms with Gasteiger partial charge in [0.2, 0.25) is 0 Å². The first-order valence-electron chi connectivity index (χ1n) is 9.52. The van der Waals surface area contributed by atoms with Crippen LogP contribution in [-0.4, -0.2) is 37.1 Å². The van der Waals surface area contributed by atoms with Gasteiger partial charge in [-0.3, -0.25) is 0 Å². The van der Waals surface area contributed by atoms with Crippen LogP contribution >= 0.6 is 0 Å². The van der Waals surface area contributed by atoms with Crippen molar-refractivity contribution in [2.45, 2.75) is 78.7 Å². The molecule has 1 saturated carbocycles. The summed E-state index contributed by atoms with van der Waals surface area (Å²) in [6.45, 7) is 14.6. The van der Waals surface area contributed by atoms with Gasteiger partial charge in [0.05, 0.1) is 0 Å². The molecule has 21 heavy (non-hydrogen) atoms. The van der Waals surface area contributed by atoms with Crippen molar-refractivity contribution in [1.29, 1.82) is 0 Å². The Bertz CT molecular complexity index is 300. The third kappa shape index (κ3) is 4.69. The molecular weight excluding hydrogens is 256 g/mol. The second kappa shape index (κ2) is 7.97. The second-order valence-corrected chi connectivity index (χ2v) is 8.21. The molecule has 0 amide bonds. The van der Waals surface area contributed by atoms with Crippen LogP contribution in [0.1, 0.15) is 72.6 Å². The Morgan fingerprint density at radius 3 is 2.62 bits per heavy atom. The van der Waals surface area contributed by atoms with Crippen molar-refractivity contribution >= 4 is 0 Å². The fourth-order valence-corrected chi connectivity index (χ4v) is 4.81. The quantitative estimate of drug-likeness (QED) is 0.785. The van der Waals surface area contributed by atoms with Gasteiger partial charge < -0.3 is 10.2 Å². The van der Waals surface area contributed by atoms with Gasteiger partial charge in [-0.1, -0.05) is 40.5 Å². The highest BCUT2D eigenvalue weighted by Gasteiger charge is 2.41. The van der Waals surface area contributed by atoms with Gasteiger partial charge in [0.1, 0.15) is 0 Å². The summed E-state index contributed by atoms with van der Waals surface area (Å²) in [7, 11) is 0. The Kier molecular flexibility index (Phi) is 6.55. The van der Waals surface area contributed by atoms with Crippen LogP contribution < -0.4 is 5.32 Å². The van der Waals surface area contributed by atoms with Gasteiger partial charge in [0, 0.05) is 12.6 Å². The lowest BCUT2D eigenvalue weighted by Gasteiger charge is -2.34. The standard InChI is InChI=1S/C19H38N2/c1-5-8-16-9-7-13-21(14-11-16)15-17-10-12-19(3,4)18(17)20-6-2/h16-18,20H,5-15H2,1-4H3. The minimum atomic E-state index is 0.483. The van der Waals surface area contributed by atoms with Crippen LogP contribution in [-0.2, 0) is 0 Å². The lowest BCUT2D eigenvalue weighted by molar-refractivity contribution is 0.187. The van der Waals surface area contributed by atoms with E-state index in [1.807, 2.05) is 0 Å². The molecule has 2 heteroatoms. The molecule has 0 radical (unpaired) electrons. The maximum absolute atomic E-state index is 3.79. The van der Waals surface area contributed by atoms with E-state index in [9.17, 15) is 0 Å². The highest BCUT2D eigenvalue weighted by Crippen LogP contribution is 2.41. The minimum Gasteiger partial charge on any atom is -0.313 e. The van der Waals surface area contributed by atoms with E-state index in [2.05, 4.69) is 37.9 Å². The summed E-state index contributed by atoms with van der Waals surface area (Å²) in [5.74, 6) is 1.87.